The van der Waals surface area contributed by atoms with E-state index in [-0.39, 0.29) is 29.4 Å². The number of hydrogen-bond donors (Lipinski definition) is 2. The number of rotatable bonds is 6. The first-order valence-corrected chi connectivity index (χ1v) is 7.91. The number of benzene rings is 1. The number of nitrogens with zero attached hydrogens (tertiary/aromatic N) is 1. The van der Waals surface area contributed by atoms with Gasteiger partial charge >= 0.3 is 0 Å². The number of hydrogen-bond acceptors (Lipinski definition) is 3. The smallest absolute Gasteiger partial charge is 0.191 e. The number of nitrogens with one attached hydrogen (secondary N) is 2. The van der Waals surface area contributed by atoms with Gasteiger partial charge in [-0.2, -0.15) is 0 Å². The van der Waals surface area contributed by atoms with E-state index in [2.05, 4.69) is 46.8 Å². The molecule has 1 aromatic carbocycles. The van der Waals surface area contributed by atoms with Gasteiger partial charge in [-0.1, -0.05) is 25.1 Å². The molecule has 0 bridgehead atoms. The third kappa shape index (κ3) is 6.44. The van der Waals surface area contributed by atoms with Crippen molar-refractivity contribution in [3.63, 3.8) is 0 Å². The summed E-state index contributed by atoms with van der Waals surface area (Å²) in [7, 11) is 1.80. The highest BCUT2D eigenvalue weighted by molar-refractivity contribution is 14.0. The van der Waals surface area contributed by atoms with E-state index in [1.165, 1.54) is 4.90 Å². The van der Waals surface area contributed by atoms with Crippen LogP contribution in [0.4, 0.5) is 0 Å². The predicted molar refractivity (Wildman–Crippen MR) is 101 cm³/mol. The number of ether oxygens (including phenoxy) is 1. The molecule has 0 radical (unpaired) electrons. The molecule has 0 amide bonds. The second kappa shape index (κ2) is 9.53. The van der Waals surface area contributed by atoms with Crippen molar-refractivity contribution in [2.75, 3.05) is 39.1 Å². The fraction of sp³-hybridized carbons (Fsp3) is 0.533. The van der Waals surface area contributed by atoms with Gasteiger partial charge in [-0.3, -0.25) is 4.99 Å². The van der Waals surface area contributed by atoms with Crippen molar-refractivity contribution in [2.45, 2.75) is 11.8 Å². The zero-order valence-electron chi connectivity index (χ0n) is 12.6. The maximum Gasteiger partial charge on any atom is 0.191 e. The van der Waals surface area contributed by atoms with Crippen molar-refractivity contribution >= 4 is 41.7 Å². The molecule has 1 aliphatic rings. The molecule has 118 valence electrons. The van der Waals surface area contributed by atoms with Gasteiger partial charge in [-0.25, -0.2) is 0 Å². The quantitative estimate of drug-likeness (QED) is 0.244. The van der Waals surface area contributed by atoms with Gasteiger partial charge in [0.15, 0.2) is 5.96 Å². The van der Waals surface area contributed by atoms with Crippen LogP contribution in [0.3, 0.4) is 0 Å². The molecule has 0 saturated carbocycles. The molecule has 1 heterocycles. The Hall–Kier alpha value is -0.470. The topological polar surface area (TPSA) is 45.7 Å². The van der Waals surface area contributed by atoms with Crippen LogP contribution in [0.15, 0.2) is 40.2 Å². The molecular weight excluding hydrogens is 397 g/mol. The van der Waals surface area contributed by atoms with E-state index in [9.17, 15) is 0 Å². The highest BCUT2D eigenvalue weighted by Crippen LogP contribution is 2.24. The molecule has 2 N–H and O–H groups in total. The lowest BCUT2D eigenvalue weighted by Crippen LogP contribution is -2.51. The molecule has 0 spiro atoms. The Bertz CT molecular complexity index is 438. The summed E-state index contributed by atoms with van der Waals surface area (Å²) in [6, 6.07) is 10.4. The number of thioether (sulfide) groups is 1. The van der Waals surface area contributed by atoms with Crippen molar-refractivity contribution in [3.05, 3.63) is 30.3 Å². The maximum atomic E-state index is 5.25. The summed E-state index contributed by atoms with van der Waals surface area (Å²) >= 11 is 1.85. The van der Waals surface area contributed by atoms with Crippen LogP contribution in [-0.2, 0) is 4.74 Å². The Morgan fingerprint density at radius 1 is 1.29 bits per heavy atom. The van der Waals surface area contributed by atoms with E-state index in [4.69, 9.17) is 4.74 Å². The highest BCUT2D eigenvalue weighted by atomic mass is 127. The van der Waals surface area contributed by atoms with Crippen molar-refractivity contribution < 1.29 is 4.74 Å². The van der Waals surface area contributed by atoms with Gasteiger partial charge in [-0.05, 0) is 12.1 Å². The van der Waals surface area contributed by atoms with Gasteiger partial charge in [0.05, 0.1) is 13.2 Å². The Morgan fingerprint density at radius 3 is 2.57 bits per heavy atom. The van der Waals surface area contributed by atoms with Gasteiger partial charge in [0.2, 0.25) is 0 Å². The van der Waals surface area contributed by atoms with Crippen LogP contribution in [0.25, 0.3) is 0 Å². The minimum Gasteiger partial charge on any atom is -0.380 e. The average Bonchev–Trinajstić information content (AvgIpc) is 2.45. The van der Waals surface area contributed by atoms with Crippen LogP contribution in [0.1, 0.15) is 6.92 Å². The molecule has 1 saturated heterocycles. The second-order valence-corrected chi connectivity index (χ2v) is 6.49. The van der Waals surface area contributed by atoms with Gasteiger partial charge in [-0.15, -0.1) is 35.7 Å². The molecule has 0 aliphatic carbocycles. The largest absolute Gasteiger partial charge is 0.380 e. The van der Waals surface area contributed by atoms with E-state index >= 15 is 0 Å². The Balaban J connectivity index is 0.00000220. The summed E-state index contributed by atoms with van der Waals surface area (Å²) in [5.74, 6) is 1.89. The van der Waals surface area contributed by atoms with Crippen LogP contribution in [0.2, 0.25) is 0 Å². The lowest BCUT2D eigenvalue weighted by molar-refractivity contribution is -0.0971. The SMILES string of the molecule is CN=C(NCCSc1ccccc1)NCC1(C)COC1.I. The molecule has 4 nitrogen and oxygen atoms in total. The predicted octanol–water partition coefficient (Wildman–Crippen LogP) is 2.60. The molecule has 0 atom stereocenters. The van der Waals surface area contributed by atoms with E-state index < -0.39 is 0 Å². The molecule has 1 fully saturated rings. The summed E-state index contributed by atoms with van der Waals surface area (Å²) in [5, 5.41) is 6.70. The molecule has 1 aliphatic heterocycles. The van der Waals surface area contributed by atoms with Crippen LogP contribution in [-0.4, -0.2) is 45.1 Å². The third-order valence-electron chi connectivity index (χ3n) is 3.21. The summed E-state index contributed by atoms with van der Waals surface area (Å²) in [6.07, 6.45) is 0. The Kier molecular flexibility index (Phi) is 8.43. The normalized spacial score (nSPS) is 16.6. The van der Waals surface area contributed by atoms with Crippen molar-refractivity contribution in [1.29, 1.82) is 0 Å². The lowest BCUT2D eigenvalue weighted by Gasteiger charge is -2.38. The van der Waals surface area contributed by atoms with Crippen LogP contribution in [0, 0.1) is 5.41 Å². The van der Waals surface area contributed by atoms with Crippen molar-refractivity contribution in [1.82, 2.24) is 10.6 Å². The van der Waals surface area contributed by atoms with Gasteiger partial charge in [0, 0.05) is 36.2 Å². The first-order chi connectivity index (χ1) is 9.72. The fourth-order valence-electron chi connectivity index (χ4n) is 1.93. The van der Waals surface area contributed by atoms with Gasteiger partial charge in [0.25, 0.3) is 0 Å². The lowest BCUT2D eigenvalue weighted by atomic mass is 9.89. The average molecular weight is 421 g/mol. The zero-order chi connectivity index (χ0) is 14.3. The summed E-state index contributed by atoms with van der Waals surface area (Å²) < 4.78 is 5.25. The van der Waals surface area contributed by atoms with Crippen LogP contribution < -0.4 is 10.6 Å². The van der Waals surface area contributed by atoms with E-state index in [0.29, 0.717) is 0 Å². The van der Waals surface area contributed by atoms with Crippen molar-refractivity contribution in [3.8, 4) is 0 Å². The minimum absolute atomic E-state index is 0. The standard InChI is InChI=1S/C15H23N3OS.HI/c1-15(11-19-12-15)10-18-14(16-2)17-8-9-20-13-6-4-3-5-7-13;/h3-7H,8-12H2,1-2H3,(H2,16,17,18);1H. The molecule has 1 aromatic rings. The zero-order valence-corrected chi connectivity index (χ0v) is 15.7. The number of aliphatic imine (C=N–C) groups is 1. The van der Waals surface area contributed by atoms with E-state index in [1.807, 2.05) is 17.8 Å². The van der Waals surface area contributed by atoms with E-state index in [1.54, 1.807) is 7.05 Å². The van der Waals surface area contributed by atoms with Crippen molar-refractivity contribution in [2.24, 2.45) is 10.4 Å². The molecule has 21 heavy (non-hydrogen) atoms. The molecule has 0 aromatic heterocycles. The van der Waals surface area contributed by atoms with Crippen LogP contribution in [0.5, 0.6) is 0 Å². The second-order valence-electron chi connectivity index (χ2n) is 5.32. The Labute approximate surface area is 148 Å². The maximum absolute atomic E-state index is 5.25. The number of guanidine groups is 1. The van der Waals surface area contributed by atoms with Gasteiger partial charge < -0.3 is 15.4 Å². The highest BCUT2D eigenvalue weighted by Gasteiger charge is 2.33. The molecular formula is C15H24IN3OS. The first-order valence-electron chi connectivity index (χ1n) is 6.92. The monoisotopic (exact) mass is 421 g/mol. The minimum atomic E-state index is 0. The summed E-state index contributed by atoms with van der Waals surface area (Å²) in [5.41, 5.74) is 0.260. The summed E-state index contributed by atoms with van der Waals surface area (Å²) in [4.78, 5) is 5.54. The first kappa shape index (κ1) is 18.6. The molecule has 6 heteroatoms. The Morgan fingerprint density at radius 2 is 2.00 bits per heavy atom. The number of halogens is 1. The van der Waals surface area contributed by atoms with Gasteiger partial charge in [0.1, 0.15) is 0 Å². The van der Waals surface area contributed by atoms with E-state index in [0.717, 1.165) is 38.0 Å². The molecule has 0 unspecified atom stereocenters. The third-order valence-corrected chi connectivity index (χ3v) is 4.23. The van der Waals surface area contributed by atoms with Crippen LogP contribution >= 0.6 is 35.7 Å². The fourth-order valence-corrected chi connectivity index (χ4v) is 2.71. The molecule has 2 rings (SSSR count). The summed E-state index contributed by atoms with van der Waals surface area (Å²) in [6.45, 7) is 5.69.